The van der Waals surface area contributed by atoms with E-state index in [2.05, 4.69) is 0 Å². The number of hydrogen-bond acceptors (Lipinski definition) is 6. The van der Waals surface area contributed by atoms with E-state index in [0.29, 0.717) is 43.9 Å². The molecule has 1 heterocycles. The number of carbonyl (C=O) groups excluding carboxylic acids is 2. The predicted molar refractivity (Wildman–Crippen MR) is 87.0 cm³/mol. The van der Waals surface area contributed by atoms with Crippen LogP contribution in [0.25, 0.3) is 0 Å². The first kappa shape index (κ1) is 16.5. The Morgan fingerprint density at radius 2 is 1.58 bits per heavy atom. The molecule has 0 aromatic rings. The number of sulfone groups is 1. The average Bonchev–Trinajstić information content (AvgIpc) is 2.52. The van der Waals surface area contributed by atoms with E-state index >= 15 is 0 Å². The molecule has 5 fully saturated rings. The molecular formula is C17H25NO5S. The van der Waals surface area contributed by atoms with Crippen molar-refractivity contribution in [2.75, 3.05) is 37.7 Å². The second-order valence-corrected chi connectivity index (χ2v) is 10.2. The van der Waals surface area contributed by atoms with Gasteiger partial charge in [0.2, 0.25) is 0 Å². The number of ether oxygens (including phenoxy) is 1. The molecule has 0 unspecified atom stereocenters. The Kier molecular flexibility index (Phi) is 4.19. The summed E-state index contributed by atoms with van der Waals surface area (Å²) in [5.41, 5.74) is 0. The molecule has 5 aliphatic rings. The number of rotatable bonds is 4. The standard InChI is InChI=1S/C17H25NO5S/c19-16-13-7-11-8-14(16)10-12(9-13)15(11)17(20)23-4-1-18-2-5-24(21,22)6-3-18/h11-15H,1-10H2. The molecule has 0 amide bonds. The van der Waals surface area contributed by atoms with Crippen LogP contribution in [0.3, 0.4) is 0 Å². The Morgan fingerprint density at radius 1 is 1.04 bits per heavy atom. The SMILES string of the molecule is O=C1C2CC3CC1CC(C2)C3C(=O)OCCN1CCS(=O)(=O)CC1. The molecule has 4 saturated carbocycles. The van der Waals surface area contributed by atoms with Crippen LogP contribution in [0.1, 0.15) is 25.7 Å². The zero-order chi connectivity index (χ0) is 16.9. The van der Waals surface area contributed by atoms with Crippen molar-refractivity contribution in [1.82, 2.24) is 4.90 Å². The zero-order valence-corrected chi connectivity index (χ0v) is 14.7. The molecule has 4 bridgehead atoms. The molecule has 0 radical (unpaired) electrons. The first-order valence-corrected chi connectivity index (χ1v) is 10.9. The highest BCUT2D eigenvalue weighted by molar-refractivity contribution is 7.91. The lowest BCUT2D eigenvalue weighted by atomic mass is 9.51. The van der Waals surface area contributed by atoms with E-state index in [9.17, 15) is 18.0 Å². The van der Waals surface area contributed by atoms with Gasteiger partial charge in [0.25, 0.3) is 0 Å². The molecule has 0 aromatic heterocycles. The smallest absolute Gasteiger partial charge is 0.309 e. The number of Topliss-reactive ketones (excluding diaryl/α,β-unsaturated/α-hetero) is 1. The maximum absolute atomic E-state index is 12.5. The highest BCUT2D eigenvalue weighted by Gasteiger charge is 2.55. The van der Waals surface area contributed by atoms with Crippen LogP contribution in [-0.2, 0) is 24.2 Å². The van der Waals surface area contributed by atoms with Gasteiger partial charge in [-0.1, -0.05) is 0 Å². The number of esters is 1. The van der Waals surface area contributed by atoms with Crippen molar-refractivity contribution in [3.05, 3.63) is 0 Å². The molecule has 1 saturated heterocycles. The van der Waals surface area contributed by atoms with Crippen LogP contribution in [0.5, 0.6) is 0 Å². The summed E-state index contributed by atoms with van der Waals surface area (Å²) in [4.78, 5) is 26.7. The Balaban J connectivity index is 1.26. The van der Waals surface area contributed by atoms with E-state index in [1.165, 1.54) is 0 Å². The highest BCUT2D eigenvalue weighted by atomic mass is 32.2. The van der Waals surface area contributed by atoms with E-state index < -0.39 is 9.84 Å². The summed E-state index contributed by atoms with van der Waals surface area (Å²) < 4.78 is 28.4. The summed E-state index contributed by atoms with van der Waals surface area (Å²) in [5.74, 6) is 1.78. The van der Waals surface area contributed by atoms with Gasteiger partial charge in [0.15, 0.2) is 9.84 Å². The van der Waals surface area contributed by atoms with Gasteiger partial charge in [-0.15, -0.1) is 0 Å². The van der Waals surface area contributed by atoms with Crippen molar-refractivity contribution in [1.29, 1.82) is 0 Å². The van der Waals surface area contributed by atoms with Gasteiger partial charge in [-0.05, 0) is 37.5 Å². The third kappa shape index (κ3) is 3.01. The van der Waals surface area contributed by atoms with Gasteiger partial charge in [-0.3, -0.25) is 14.5 Å². The van der Waals surface area contributed by atoms with Gasteiger partial charge in [0.05, 0.1) is 17.4 Å². The normalized spacial score (nSPS) is 40.7. The monoisotopic (exact) mass is 355 g/mol. The molecule has 5 rings (SSSR count). The van der Waals surface area contributed by atoms with Crippen molar-refractivity contribution in [2.24, 2.45) is 29.6 Å². The van der Waals surface area contributed by atoms with Crippen LogP contribution in [0, 0.1) is 29.6 Å². The minimum Gasteiger partial charge on any atom is -0.464 e. The van der Waals surface area contributed by atoms with Crippen LogP contribution in [0.15, 0.2) is 0 Å². The maximum atomic E-state index is 12.5. The van der Waals surface area contributed by atoms with Crippen LogP contribution in [0.2, 0.25) is 0 Å². The molecule has 0 atom stereocenters. The minimum absolute atomic E-state index is 0.0210. The Labute approximate surface area is 142 Å². The van der Waals surface area contributed by atoms with E-state index in [1.807, 2.05) is 4.90 Å². The lowest BCUT2D eigenvalue weighted by Crippen LogP contribution is -2.53. The fourth-order valence-electron chi connectivity index (χ4n) is 5.35. The van der Waals surface area contributed by atoms with E-state index in [0.717, 1.165) is 25.7 Å². The first-order valence-electron chi connectivity index (χ1n) is 9.06. The Hall–Kier alpha value is -0.950. The molecular weight excluding hydrogens is 330 g/mol. The van der Waals surface area contributed by atoms with Crippen LogP contribution in [0.4, 0.5) is 0 Å². The van der Waals surface area contributed by atoms with Crippen molar-refractivity contribution in [3.63, 3.8) is 0 Å². The van der Waals surface area contributed by atoms with Gasteiger partial charge in [0.1, 0.15) is 12.4 Å². The second kappa shape index (κ2) is 6.09. The van der Waals surface area contributed by atoms with Crippen LogP contribution in [-0.4, -0.2) is 62.8 Å². The second-order valence-electron chi connectivity index (χ2n) is 7.95. The maximum Gasteiger partial charge on any atom is 0.309 e. The van der Waals surface area contributed by atoms with Gasteiger partial charge in [-0.25, -0.2) is 8.42 Å². The lowest BCUT2D eigenvalue weighted by Gasteiger charge is -2.52. The minimum atomic E-state index is -2.87. The van der Waals surface area contributed by atoms with Gasteiger partial charge in [-0.2, -0.15) is 0 Å². The van der Waals surface area contributed by atoms with E-state index in [1.54, 1.807) is 0 Å². The molecule has 0 N–H and O–H groups in total. The summed E-state index contributed by atoms with van der Waals surface area (Å²) in [5, 5.41) is 0. The van der Waals surface area contributed by atoms with Gasteiger partial charge >= 0.3 is 5.97 Å². The topological polar surface area (TPSA) is 80.8 Å². The number of hydrogen-bond donors (Lipinski definition) is 0. The van der Waals surface area contributed by atoms with Crippen molar-refractivity contribution in [2.45, 2.75) is 25.7 Å². The van der Waals surface area contributed by atoms with Gasteiger partial charge in [0, 0.05) is 31.5 Å². The molecule has 6 nitrogen and oxygen atoms in total. The Morgan fingerprint density at radius 3 is 2.12 bits per heavy atom. The van der Waals surface area contributed by atoms with E-state index in [4.69, 9.17) is 4.74 Å². The molecule has 134 valence electrons. The molecule has 7 heteroatoms. The summed E-state index contributed by atoms with van der Waals surface area (Å²) >= 11 is 0. The fraction of sp³-hybridized carbons (Fsp3) is 0.882. The summed E-state index contributed by atoms with van der Waals surface area (Å²) in [6.45, 7) is 1.99. The van der Waals surface area contributed by atoms with E-state index in [-0.39, 0.29) is 35.2 Å². The van der Waals surface area contributed by atoms with Crippen molar-refractivity contribution < 1.29 is 22.7 Å². The molecule has 1 aliphatic heterocycles. The number of carbonyl (C=O) groups is 2. The van der Waals surface area contributed by atoms with Gasteiger partial charge < -0.3 is 4.74 Å². The number of ketones is 1. The van der Waals surface area contributed by atoms with Crippen LogP contribution < -0.4 is 0 Å². The predicted octanol–water partition coefficient (Wildman–Crippen LogP) is 0.511. The quantitative estimate of drug-likeness (QED) is 0.684. The molecule has 24 heavy (non-hydrogen) atoms. The molecule has 0 aromatic carbocycles. The van der Waals surface area contributed by atoms with Crippen molar-refractivity contribution >= 4 is 21.6 Å². The first-order chi connectivity index (χ1) is 11.4. The molecule has 0 spiro atoms. The summed E-state index contributed by atoms with van der Waals surface area (Å²) in [7, 11) is -2.87. The lowest BCUT2D eigenvalue weighted by molar-refractivity contribution is -0.167. The van der Waals surface area contributed by atoms with Crippen molar-refractivity contribution in [3.8, 4) is 0 Å². The largest absolute Gasteiger partial charge is 0.464 e. The van der Waals surface area contributed by atoms with Crippen LogP contribution >= 0.6 is 0 Å². The molecule has 4 aliphatic carbocycles. The average molecular weight is 355 g/mol. The highest BCUT2D eigenvalue weighted by Crippen LogP contribution is 2.55. The Bertz CT molecular complexity index is 597. The summed E-state index contributed by atoms with van der Waals surface area (Å²) in [6.07, 6.45) is 3.48. The zero-order valence-electron chi connectivity index (χ0n) is 13.9. The third-order valence-corrected chi connectivity index (χ3v) is 8.14. The third-order valence-electron chi connectivity index (χ3n) is 6.53. The summed E-state index contributed by atoms with van der Waals surface area (Å²) in [6, 6.07) is 0. The number of nitrogens with zero attached hydrogens (tertiary/aromatic N) is 1. The fourth-order valence-corrected chi connectivity index (χ4v) is 6.62.